The lowest BCUT2D eigenvalue weighted by atomic mass is 10.0. The molecule has 0 saturated carbocycles. The van der Waals surface area contributed by atoms with Crippen molar-refractivity contribution in [3.05, 3.63) is 0 Å². The van der Waals surface area contributed by atoms with Crippen LogP contribution in [-0.2, 0) is 14.3 Å². The Morgan fingerprint density at radius 1 is 0.708 bits per heavy atom. The number of esters is 1. The quantitative estimate of drug-likeness (QED) is 0.198. The van der Waals surface area contributed by atoms with Crippen LogP contribution in [0.1, 0.15) is 110 Å². The van der Waals surface area contributed by atoms with E-state index in [-0.39, 0.29) is 24.3 Å². The van der Waals surface area contributed by atoms with Gasteiger partial charge in [0.1, 0.15) is 12.2 Å². The third-order valence-electron chi connectivity index (χ3n) is 5.48. The van der Waals surface area contributed by atoms with Crippen molar-refractivity contribution in [2.75, 3.05) is 0 Å². The van der Waals surface area contributed by atoms with E-state index in [1.54, 1.807) is 0 Å². The zero-order chi connectivity index (χ0) is 17.0. The van der Waals surface area contributed by atoms with E-state index in [0.29, 0.717) is 0 Å². The van der Waals surface area contributed by atoms with Gasteiger partial charge in [-0.3, -0.25) is 0 Å². The van der Waals surface area contributed by atoms with Crippen LogP contribution in [0.5, 0.6) is 0 Å². The van der Waals surface area contributed by atoms with Crippen molar-refractivity contribution in [3.63, 3.8) is 0 Å². The van der Waals surface area contributed by atoms with E-state index in [1.165, 1.54) is 96.3 Å². The zero-order valence-corrected chi connectivity index (χ0v) is 15.8. The molecule has 2 aliphatic heterocycles. The van der Waals surface area contributed by atoms with E-state index in [0.717, 1.165) is 6.42 Å². The van der Waals surface area contributed by atoms with Crippen LogP contribution in [0, 0.1) is 0 Å². The number of hydrogen-bond donors (Lipinski definition) is 0. The molecule has 0 aliphatic carbocycles. The molecule has 0 N–H and O–H groups in total. The molecule has 2 aliphatic rings. The first-order valence-corrected chi connectivity index (χ1v) is 10.7. The van der Waals surface area contributed by atoms with Crippen LogP contribution in [0.3, 0.4) is 0 Å². The molecule has 0 bridgehead atoms. The molecule has 1 unspecified atom stereocenters. The highest BCUT2D eigenvalue weighted by Crippen LogP contribution is 2.37. The monoisotopic (exact) mass is 338 g/mol. The minimum atomic E-state index is -0.202. The van der Waals surface area contributed by atoms with Crippen molar-refractivity contribution in [1.29, 1.82) is 0 Å². The molecule has 2 heterocycles. The van der Waals surface area contributed by atoms with Crippen LogP contribution in [0.2, 0.25) is 0 Å². The van der Waals surface area contributed by atoms with Gasteiger partial charge in [-0.25, -0.2) is 4.79 Å². The lowest BCUT2D eigenvalue weighted by Crippen LogP contribution is -2.15. The van der Waals surface area contributed by atoms with E-state index >= 15 is 0 Å². The molecule has 2 saturated heterocycles. The molecule has 0 spiro atoms. The standard InChI is InChI=1S/C21H38O3/c1-2-3-4-5-6-7-8-9-10-11-12-13-14-15-16-17-18-19-20(24-19)21(22)23-18/h18-20H,2-17H2,1H3/t18?,19-,20-/m1/s1. The fourth-order valence-corrected chi connectivity index (χ4v) is 3.82. The van der Waals surface area contributed by atoms with Gasteiger partial charge in [0.05, 0.1) is 0 Å². The van der Waals surface area contributed by atoms with Crippen LogP contribution >= 0.6 is 0 Å². The van der Waals surface area contributed by atoms with Gasteiger partial charge in [0.15, 0.2) is 6.10 Å². The Hall–Kier alpha value is -0.570. The molecule has 0 amide bonds. The smallest absolute Gasteiger partial charge is 0.338 e. The molecule has 0 aromatic rings. The second-order valence-corrected chi connectivity index (χ2v) is 7.74. The van der Waals surface area contributed by atoms with Crippen LogP contribution in [0.15, 0.2) is 0 Å². The number of rotatable bonds is 16. The SMILES string of the molecule is CCCCCCCCCCCCCCCCCC1OC(=O)[C@@H]2O[C@H]12. The van der Waals surface area contributed by atoms with E-state index in [9.17, 15) is 4.79 Å². The van der Waals surface area contributed by atoms with Crippen LogP contribution in [-0.4, -0.2) is 24.3 Å². The van der Waals surface area contributed by atoms with Crippen molar-refractivity contribution in [1.82, 2.24) is 0 Å². The maximum atomic E-state index is 11.2. The van der Waals surface area contributed by atoms with Crippen molar-refractivity contribution in [2.24, 2.45) is 0 Å². The molecule has 3 atom stereocenters. The second-order valence-electron chi connectivity index (χ2n) is 7.74. The first-order chi connectivity index (χ1) is 11.8. The first-order valence-electron chi connectivity index (χ1n) is 10.7. The number of ether oxygens (including phenoxy) is 2. The van der Waals surface area contributed by atoms with Gasteiger partial charge in [0, 0.05) is 0 Å². The molecular weight excluding hydrogens is 300 g/mol. The Labute approximate surface area is 148 Å². The highest BCUT2D eigenvalue weighted by Gasteiger charge is 2.58. The summed E-state index contributed by atoms with van der Waals surface area (Å²) in [6.45, 7) is 2.28. The molecular formula is C21H38O3. The highest BCUT2D eigenvalue weighted by molar-refractivity contribution is 5.81. The predicted molar refractivity (Wildman–Crippen MR) is 98.1 cm³/mol. The van der Waals surface area contributed by atoms with Crippen molar-refractivity contribution >= 4 is 5.97 Å². The molecule has 0 aromatic carbocycles. The molecule has 2 fully saturated rings. The summed E-state index contributed by atoms with van der Waals surface area (Å²) in [5.74, 6) is -0.133. The van der Waals surface area contributed by atoms with Crippen molar-refractivity contribution in [2.45, 2.75) is 128 Å². The summed E-state index contributed by atoms with van der Waals surface area (Å²) < 4.78 is 10.6. The van der Waals surface area contributed by atoms with Gasteiger partial charge in [-0.05, 0) is 12.8 Å². The fourth-order valence-electron chi connectivity index (χ4n) is 3.82. The summed E-state index contributed by atoms with van der Waals surface area (Å²) in [6, 6.07) is 0. The summed E-state index contributed by atoms with van der Waals surface area (Å²) in [5.41, 5.74) is 0. The van der Waals surface area contributed by atoms with Gasteiger partial charge in [-0.1, -0.05) is 96.8 Å². The first kappa shape index (κ1) is 19.8. The average Bonchev–Trinajstić information content (AvgIpc) is 3.32. The Balaban J connectivity index is 1.24. The number of unbranched alkanes of at least 4 members (excludes halogenated alkanes) is 14. The van der Waals surface area contributed by atoms with Gasteiger partial charge >= 0.3 is 5.97 Å². The van der Waals surface area contributed by atoms with E-state index in [2.05, 4.69) is 6.92 Å². The normalized spacial score (nSPS) is 24.9. The number of carbonyl (C=O) groups excluding carboxylic acids is 1. The summed E-state index contributed by atoms with van der Waals surface area (Å²) in [6.07, 6.45) is 21.7. The maximum Gasteiger partial charge on any atom is 0.338 e. The molecule has 3 heteroatoms. The van der Waals surface area contributed by atoms with E-state index in [1.807, 2.05) is 0 Å². The maximum absolute atomic E-state index is 11.2. The number of fused-ring (bicyclic) bond motifs is 1. The lowest BCUT2D eigenvalue weighted by molar-refractivity contribution is -0.149. The predicted octanol–water partition coefficient (Wildman–Crippen LogP) is 5.94. The van der Waals surface area contributed by atoms with Crippen molar-refractivity contribution < 1.29 is 14.3 Å². The summed E-state index contributed by atoms with van der Waals surface area (Å²) in [5, 5.41) is 0. The van der Waals surface area contributed by atoms with Crippen molar-refractivity contribution in [3.8, 4) is 0 Å². The van der Waals surface area contributed by atoms with Gasteiger partial charge in [0.25, 0.3) is 0 Å². The van der Waals surface area contributed by atoms with Gasteiger partial charge in [0.2, 0.25) is 0 Å². The average molecular weight is 339 g/mol. The van der Waals surface area contributed by atoms with E-state index in [4.69, 9.17) is 9.47 Å². The summed E-state index contributed by atoms with van der Waals surface area (Å²) >= 11 is 0. The summed E-state index contributed by atoms with van der Waals surface area (Å²) in [4.78, 5) is 11.2. The highest BCUT2D eigenvalue weighted by atomic mass is 16.7. The minimum Gasteiger partial charge on any atom is -0.457 e. The van der Waals surface area contributed by atoms with Crippen LogP contribution in [0.25, 0.3) is 0 Å². The number of carbonyl (C=O) groups is 1. The van der Waals surface area contributed by atoms with Crippen LogP contribution < -0.4 is 0 Å². The molecule has 140 valence electrons. The fraction of sp³-hybridized carbons (Fsp3) is 0.952. The second kappa shape index (κ2) is 11.9. The van der Waals surface area contributed by atoms with Gasteiger partial charge in [-0.15, -0.1) is 0 Å². The lowest BCUT2D eigenvalue weighted by Gasteiger charge is -2.10. The Bertz CT molecular complexity index is 342. The largest absolute Gasteiger partial charge is 0.457 e. The topological polar surface area (TPSA) is 38.8 Å². The van der Waals surface area contributed by atoms with Crippen LogP contribution in [0.4, 0.5) is 0 Å². The number of cyclic esters (lactones) is 1. The Morgan fingerprint density at radius 2 is 1.17 bits per heavy atom. The summed E-state index contributed by atoms with van der Waals surface area (Å²) in [7, 11) is 0. The zero-order valence-electron chi connectivity index (χ0n) is 15.8. The third-order valence-corrected chi connectivity index (χ3v) is 5.48. The number of epoxide rings is 1. The molecule has 0 radical (unpaired) electrons. The van der Waals surface area contributed by atoms with Gasteiger partial charge in [-0.2, -0.15) is 0 Å². The van der Waals surface area contributed by atoms with E-state index < -0.39 is 0 Å². The molecule has 2 rings (SSSR count). The molecule has 0 aromatic heterocycles. The Morgan fingerprint density at radius 3 is 1.54 bits per heavy atom. The Kier molecular flexibility index (Phi) is 9.79. The molecule has 3 nitrogen and oxygen atoms in total. The third kappa shape index (κ3) is 7.55. The van der Waals surface area contributed by atoms with Gasteiger partial charge < -0.3 is 9.47 Å². The molecule has 24 heavy (non-hydrogen) atoms. The number of hydrogen-bond acceptors (Lipinski definition) is 3. The minimum absolute atomic E-state index is 0.0597.